The molecule has 0 fully saturated rings. The van der Waals surface area contributed by atoms with Gasteiger partial charge in [0, 0.05) is 11.6 Å². The molecule has 2 aromatic carbocycles. The van der Waals surface area contributed by atoms with Gasteiger partial charge in [-0.15, -0.1) is 10.2 Å². The highest BCUT2D eigenvalue weighted by Crippen LogP contribution is 2.32. The van der Waals surface area contributed by atoms with E-state index in [0.717, 1.165) is 11.8 Å². The van der Waals surface area contributed by atoms with E-state index >= 15 is 0 Å². The lowest BCUT2D eigenvalue weighted by Gasteiger charge is -2.12. The SMILES string of the molecule is COc1cc(OC)cc(-c2nnc(S[C@@H](C)C(=O)Nc3ccccc3OC)o2)c1. The van der Waals surface area contributed by atoms with E-state index in [-0.39, 0.29) is 11.1 Å². The van der Waals surface area contributed by atoms with Gasteiger partial charge in [-0.25, -0.2) is 0 Å². The Balaban J connectivity index is 1.70. The highest BCUT2D eigenvalue weighted by molar-refractivity contribution is 8.00. The number of benzene rings is 2. The third-order valence-electron chi connectivity index (χ3n) is 4.02. The quantitative estimate of drug-likeness (QED) is 0.554. The van der Waals surface area contributed by atoms with Crippen LogP contribution in [0.25, 0.3) is 11.5 Å². The molecule has 1 atom stereocenters. The summed E-state index contributed by atoms with van der Waals surface area (Å²) in [4.78, 5) is 12.5. The number of methoxy groups -OCH3 is 3. The summed E-state index contributed by atoms with van der Waals surface area (Å²) in [5.41, 5.74) is 1.26. The highest BCUT2D eigenvalue weighted by atomic mass is 32.2. The number of carbonyl (C=O) groups excluding carboxylic acids is 1. The molecule has 0 radical (unpaired) electrons. The molecule has 9 heteroatoms. The average molecular weight is 415 g/mol. The Morgan fingerprint density at radius 3 is 2.38 bits per heavy atom. The molecule has 1 N–H and O–H groups in total. The number of amides is 1. The Bertz CT molecular complexity index is 970. The van der Waals surface area contributed by atoms with Gasteiger partial charge in [-0.1, -0.05) is 23.9 Å². The van der Waals surface area contributed by atoms with Gasteiger partial charge in [-0.2, -0.15) is 0 Å². The van der Waals surface area contributed by atoms with Crippen LogP contribution in [0.4, 0.5) is 5.69 Å². The highest BCUT2D eigenvalue weighted by Gasteiger charge is 2.20. The number of hydrogen-bond donors (Lipinski definition) is 1. The van der Waals surface area contributed by atoms with Crippen molar-refractivity contribution >= 4 is 23.4 Å². The second-order valence-electron chi connectivity index (χ2n) is 5.92. The van der Waals surface area contributed by atoms with Crippen LogP contribution < -0.4 is 19.5 Å². The van der Waals surface area contributed by atoms with Crippen LogP contribution in [0.1, 0.15) is 6.92 Å². The first-order valence-corrected chi connectivity index (χ1v) is 9.59. The van der Waals surface area contributed by atoms with E-state index in [1.54, 1.807) is 58.6 Å². The fraction of sp³-hybridized carbons (Fsp3) is 0.250. The Kier molecular flexibility index (Phi) is 6.61. The smallest absolute Gasteiger partial charge is 0.277 e. The number of ether oxygens (including phenoxy) is 3. The third-order valence-corrected chi connectivity index (χ3v) is 4.95. The molecule has 0 saturated heterocycles. The first-order chi connectivity index (χ1) is 14.0. The van der Waals surface area contributed by atoms with E-state index in [4.69, 9.17) is 18.6 Å². The van der Waals surface area contributed by atoms with Crippen LogP contribution in [0.5, 0.6) is 17.2 Å². The number of carbonyl (C=O) groups is 1. The molecule has 29 heavy (non-hydrogen) atoms. The van der Waals surface area contributed by atoms with Crippen LogP contribution in [-0.4, -0.2) is 42.7 Å². The van der Waals surface area contributed by atoms with Gasteiger partial charge < -0.3 is 23.9 Å². The zero-order valence-corrected chi connectivity index (χ0v) is 17.3. The predicted octanol–water partition coefficient (Wildman–Crippen LogP) is 3.88. The summed E-state index contributed by atoms with van der Waals surface area (Å²) >= 11 is 1.16. The molecule has 152 valence electrons. The maximum Gasteiger partial charge on any atom is 0.277 e. The zero-order valence-electron chi connectivity index (χ0n) is 16.5. The topological polar surface area (TPSA) is 95.7 Å². The Labute approximate surface area is 172 Å². The van der Waals surface area contributed by atoms with Gasteiger partial charge in [0.2, 0.25) is 11.8 Å². The maximum absolute atomic E-state index is 12.5. The lowest BCUT2D eigenvalue weighted by Crippen LogP contribution is -2.22. The minimum Gasteiger partial charge on any atom is -0.497 e. The summed E-state index contributed by atoms with van der Waals surface area (Å²) in [5, 5.41) is 10.7. The Morgan fingerprint density at radius 2 is 1.72 bits per heavy atom. The van der Waals surface area contributed by atoms with Crippen molar-refractivity contribution in [2.75, 3.05) is 26.6 Å². The van der Waals surface area contributed by atoms with Crippen molar-refractivity contribution < 1.29 is 23.4 Å². The largest absolute Gasteiger partial charge is 0.497 e. The van der Waals surface area contributed by atoms with Gasteiger partial charge in [-0.3, -0.25) is 4.79 Å². The number of rotatable bonds is 8. The number of aromatic nitrogens is 2. The molecular formula is C20H21N3O5S. The number of thioether (sulfide) groups is 1. The summed E-state index contributed by atoms with van der Waals surface area (Å²) < 4.78 is 21.5. The summed E-state index contributed by atoms with van der Waals surface area (Å²) in [6.45, 7) is 1.76. The molecule has 0 unspecified atom stereocenters. The number of nitrogens with one attached hydrogen (secondary N) is 1. The fourth-order valence-electron chi connectivity index (χ4n) is 2.49. The molecule has 3 rings (SSSR count). The Hall–Kier alpha value is -3.20. The molecule has 8 nitrogen and oxygen atoms in total. The monoisotopic (exact) mass is 415 g/mol. The van der Waals surface area contributed by atoms with Crippen molar-refractivity contribution in [1.29, 1.82) is 0 Å². The molecule has 1 aromatic heterocycles. The molecule has 0 saturated carbocycles. The third kappa shape index (κ3) is 5.00. The summed E-state index contributed by atoms with van der Waals surface area (Å²) in [6.07, 6.45) is 0. The molecule has 0 spiro atoms. The molecule has 0 aliphatic carbocycles. The molecule has 0 aliphatic rings. The normalized spacial score (nSPS) is 11.6. The van der Waals surface area contributed by atoms with Crippen LogP contribution in [0.3, 0.4) is 0 Å². The van der Waals surface area contributed by atoms with E-state index in [1.165, 1.54) is 0 Å². The van der Waals surface area contributed by atoms with Gasteiger partial charge in [0.05, 0.1) is 32.3 Å². The maximum atomic E-state index is 12.5. The second kappa shape index (κ2) is 9.33. The first-order valence-electron chi connectivity index (χ1n) is 8.71. The van der Waals surface area contributed by atoms with Gasteiger partial charge in [0.15, 0.2) is 0 Å². The van der Waals surface area contributed by atoms with Crippen molar-refractivity contribution in [3.63, 3.8) is 0 Å². The Morgan fingerprint density at radius 1 is 1.03 bits per heavy atom. The molecule has 1 heterocycles. The van der Waals surface area contributed by atoms with Crippen molar-refractivity contribution in [2.45, 2.75) is 17.4 Å². The number of hydrogen-bond acceptors (Lipinski definition) is 8. The van der Waals surface area contributed by atoms with Crippen molar-refractivity contribution in [3.8, 4) is 28.7 Å². The average Bonchev–Trinajstić information content (AvgIpc) is 3.22. The van der Waals surface area contributed by atoms with Crippen molar-refractivity contribution in [3.05, 3.63) is 42.5 Å². The van der Waals surface area contributed by atoms with Crippen LogP contribution >= 0.6 is 11.8 Å². The molecule has 3 aromatic rings. The van der Waals surface area contributed by atoms with Gasteiger partial charge in [0.25, 0.3) is 5.22 Å². The summed E-state index contributed by atoms with van der Waals surface area (Å²) in [5.74, 6) is 1.90. The lowest BCUT2D eigenvalue weighted by atomic mass is 10.2. The van der Waals surface area contributed by atoms with Gasteiger partial charge >= 0.3 is 0 Å². The minimum absolute atomic E-state index is 0.206. The number of para-hydroxylation sites is 2. The minimum atomic E-state index is -0.465. The van der Waals surface area contributed by atoms with E-state index in [9.17, 15) is 4.79 Å². The van der Waals surface area contributed by atoms with Crippen LogP contribution in [0.2, 0.25) is 0 Å². The van der Waals surface area contributed by atoms with Crippen molar-refractivity contribution in [1.82, 2.24) is 10.2 Å². The number of nitrogens with zero attached hydrogens (tertiary/aromatic N) is 2. The van der Waals surface area contributed by atoms with Gasteiger partial charge in [-0.05, 0) is 31.2 Å². The van der Waals surface area contributed by atoms with E-state index in [1.807, 2.05) is 12.1 Å². The van der Waals surface area contributed by atoms with Crippen LogP contribution in [0, 0.1) is 0 Å². The molecular weight excluding hydrogens is 394 g/mol. The molecule has 1 amide bonds. The zero-order chi connectivity index (χ0) is 20.8. The first kappa shape index (κ1) is 20.5. The van der Waals surface area contributed by atoms with E-state index < -0.39 is 5.25 Å². The molecule has 0 bridgehead atoms. The lowest BCUT2D eigenvalue weighted by molar-refractivity contribution is -0.115. The van der Waals surface area contributed by atoms with Crippen molar-refractivity contribution in [2.24, 2.45) is 0 Å². The standard InChI is InChI=1S/C20H21N3O5S/c1-12(18(24)21-16-7-5-6-8-17(16)27-4)29-20-23-22-19(28-20)13-9-14(25-2)11-15(10-13)26-3/h5-12H,1-4H3,(H,21,24)/t12-/m0/s1. The van der Waals surface area contributed by atoms with Crippen LogP contribution in [0.15, 0.2) is 52.1 Å². The number of anilines is 1. The van der Waals surface area contributed by atoms with E-state index in [2.05, 4.69) is 15.5 Å². The fourth-order valence-corrected chi connectivity index (χ4v) is 3.18. The molecule has 0 aliphatic heterocycles. The predicted molar refractivity (Wildman–Crippen MR) is 110 cm³/mol. The van der Waals surface area contributed by atoms with E-state index in [0.29, 0.717) is 34.4 Å². The summed E-state index contributed by atoms with van der Waals surface area (Å²) in [7, 11) is 4.68. The summed E-state index contributed by atoms with van der Waals surface area (Å²) in [6, 6.07) is 12.5. The van der Waals surface area contributed by atoms with Gasteiger partial charge in [0.1, 0.15) is 17.2 Å². The second-order valence-corrected chi connectivity index (χ2v) is 7.22. The van der Waals surface area contributed by atoms with Crippen LogP contribution in [-0.2, 0) is 4.79 Å².